The predicted molar refractivity (Wildman–Crippen MR) is 57.4 cm³/mol. The van der Waals surface area contributed by atoms with E-state index in [1.807, 2.05) is 6.92 Å². The summed E-state index contributed by atoms with van der Waals surface area (Å²) in [7, 11) is 1.47. The van der Waals surface area contributed by atoms with Gasteiger partial charge in [-0.15, -0.1) is 0 Å². The molecule has 82 valence electrons. The maximum absolute atomic E-state index is 13.5. The lowest BCUT2D eigenvalue weighted by Gasteiger charge is -2.11. The van der Waals surface area contributed by atoms with E-state index in [1.54, 1.807) is 12.1 Å². The highest BCUT2D eigenvalue weighted by molar-refractivity contribution is 6.01. The fraction of sp³-hybridized carbons (Fsp3) is 0.300. The van der Waals surface area contributed by atoms with E-state index in [1.165, 1.54) is 13.2 Å². The molecular formula is C10H14FN3O. The van der Waals surface area contributed by atoms with Crippen LogP contribution in [-0.4, -0.2) is 19.5 Å². The highest BCUT2D eigenvalue weighted by atomic mass is 19.1. The summed E-state index contributed by atoms with van der Waals surface area (Å²) in [6.07, 6.45) is 0. The van der Waals surface area contributed by atoms with Crippen molar-refractivity contribution in [1.82, 2.24) is 5.43 Å². The van der Waals surface area contributed by atoms with Crippen LogP contribution in [0.25, 0.3) is 0 Å². The van der Waals surface area contributed by atoms with E-state index in [4.69, 9.17) is 10.6 Å². The number of methoxy groups -OCH3 is 1. The number of hydrazine groups is 1. The molecule has 1 aromatic rings. The van der Waals surface area contributed by atoms with E-state index in [9.17, 15) is 4.39 Å². The number of amidine groups is 1. The van der Waals surface area contributed by atoms with Crippen molar-refractivity contribution in [3.05, 3.63) is 29.6 Å². The van der Waals surface area contributed by atoms with Gasteiger partial charge in [-0.3, -0.25) is 4.99 Å². The predicted octanol–water partition coefficient (Wildman–Crippen LogP) is 1.06. The highest BCUT2D eigenvalue weighted by Gasteiger charge is 2.14. The minimum Gasteiger partial charge on any atom is -0.496 e. The van der Waals surface area contributed by atoms with Gasteiger partial charge in [-0.05, 0) is 19.1 Å². The molecule has 0 aromatic heterocycles. The van der Waals surface area contributed by atoms with Crippen molar-refractivity contribution in [2.75, 3.05) is 13.7 Å². The summed E-state index contributed by atoms with van der Waals surface area (Å²) in [5, 5.41) is 0. The fourth-order valence-corrected chi connectivity index (χ4v) is 1.26. The van der Waals surface area contributed by atoms with Gasteiger partial charge in [0, 0.05) is 6.54 Å². The first kappa shape index (κ1) is 11.5. The number of aliphatic imine (C=N–C) groups is 1. The third-order valence-corrected chi connectivity index (χ3v) is 1.89. The van der Waals surface area contributed by atoms with Crippen LogP contribution in [0.15, 0.2) is 23.2 Å². The number of benzene rings is 1. The van der Waals surface area contributed by atoms with Gasteiger partial charge in [0.2, 0.25) is 0 Å². The van der Waals surface area contributed by atoms with Crippen LogP contribution in [0.1, 0.15) is 12.5 Å². The number of hydrogen-bond acceptors (Lipinski definition) is 3. The third kappa shape index (κ3) is 2.44. The molecule has 0 fully saturated rings. The van der Waals surface area contributed by atoms with Gasteiger partial charge in [-0.2, -0.15) is 0 Å². The second-order valence-electron chi connectivity index (χ2n) is 2.78. The van der Waals surface area contributed by atoms with Crippen molar-refractivity contribution < 1.29 is 9.13 Å². The number of rotatable bonds is 3. The summed E-state index contributed by atoms with van der Waals surface area (Å²) in [5.41, 5.74) is 2.62. The van der Waals surface area contributed by atoms with Crippen molar-refractivity contribution >= 4 is 5.84 Å². The fourth-order valence-electron chi connectivity index (χ4n) is 1.26. The average Bonchev–Trinajstić information content (AvgIpc) is 2.26. The van der Waals surface area contributed by atoms with Gasteiger partial charge in [-0.1, -0.05) is 6.07 Å². The Hall–Kier alpha value is -1.62. The summed E-state index contributed by atoms with van der Waals surface area (Å²) >= 11 is 0. The van der Waals surface area contributed by atoms with Crippen LogP contribution in [0.4, 0.5) is 4.39 Å². The van der Waals surface area contributed by atoms with Crippen LogP contribution in [0.5, 0.6) is 5.75 Å². The zero-order chi connectivity index (χ0) is 11.3. The molecule has 0 unspecified atom stereocenters. The summed E-state index contributed by atoms with van der Waals surface area (Å²) in [4.78, 5) is 4.04. The van der Waals surface area contributed by atoms with Crippen LogP contribution in [-0.2, 0) is 0 Å². The largest absolute Gasteiger partial charge is 0.496 e. The van der Waals surface area contributed by atoms with E-state index in [0.717, 1.165) is 0 Å². The molecule has 5 heteroatoms. The lowest BCUT2D eigenvalue weighted by Crippen LogP contribution is -2.32. The summed E-state index contributed by atoms with van der Waals surface area (Å²) < 4.78 is 18.6. The van der Waals surface area contributed by atoms with Gasteiger partial charge in [0.1, 0.15) is 17.4 Å². The molecule has 0 saturated heterocycles. The Morgan fingerprint density at radius 2 is 2.33 bits per heavy atom. The first-order valence-electron chi connectivity index (χ1n) is 4.58. The van der Waals surface area contributed by atoms with Gasteiger partial charge >= 0.3 is 0 Å². The van der Waals surface area contributed by atoms with E-state index >= 15 is 0 Å². The minimum absolute atomic E-state index is 0.254. The first-order valence-corrected chi connectivity index (χ1v) is 4.58. The van der Waals surface area contributed by atoms with Gasteiger partial charge < -0.3 is 10.2 Å². The van der Waals surface area contributed by atoms with Crippen LogP contribution >= 0.6 is 0 Å². The molecule has 15 heavy (non-hydrogen) atoms. The Balaban J connectivity index is 3.26. The zero-order valence-corrected chi connectivity index (χ0v) is 8.75. The van der Waals surface area contributed by atoms with Gasteiger partial charge in [0.15, 0.2) is 0 Å². The second kappa shape index (κ2) is 5.31. The standard InChI is InChI=1S/C10H14FN3O/c1-3-13-10(14-12)9-7(11)5-4-6-8(9)15-2/h4-6H,3,12H2,1-2H3,(H,13,14). The topological polar surface area (TPSA) is 59.6 Å². The zero-order valence-electron chi connectivity index (χ0n) is 8.75. The van der Waals surface area contributed by atoms with E-state index in [2.05, 4.69) is 10.4 Å². The van der Waals surface area contributed by atoms with Gasteiger partial charge in [0.05, 0.1) is 12.7 Å². The van der Waals surface area contributed by atoms with E-state index in [0.29, 0.717) is 12.3 Å². The van der Waals surface area contributed by atoms with Crippen LogP contribution in [0, 0.1) is 5.82 Å². The molecule has 0 aliphatic carbocycles. The monoisotopic (exact) mass is 211 g/mol. The Bertz CT molecular complexity index is 366. The molecule has 0 spiro atoms. The maximum Gasteiger partial charge on any atom is 0.149 e. The minimum atomic E-state index is -0.417. The molecule has 4 nitrogen and oxygen atoms in total. The molecule has 3 N–H and O–H groups in total. The number of ether oxygens (including phenoxy) is 1. The van der Waals surface area contributed by atoms with Crippen LogP contribution < -0.4 is 16.0 Å². The SMILES string of the molecule is CCN=C(NN)c1c(F)cccc1OC. The molecule has 0 amide bonds. The molecule has 0 bridgehead atoms. The van der Waals surface area contributed by atoms with Crippen molar-refractivity contribution in [2.45, 2.75) is 6.92 Å². The van der Waals surface area contributed by atoms with Crippen molar-refractivity contribution in [3.8, 4) is 5.75 Å². The van der Waals surface area contributed by atoms with Crippen LogP contribution in [0.2, 0.25) is 0 Å². The lowest BCUT2D eigenvalue weighted by atomic mass is 10.1. The van der Waals surface area contributed by atoms with E-state index in [-0.39, 0.29) is 11.4 Å². The van der Waals surface area contributed by atoms with Crippen LogP contribution in [0.3, 0.4) is 0 Å². The summed E-state index contributed by atoms with van der Waals surface area (Å²) in [5.74, 6) is 5.55. The van der Waals surface area contributed by atoms with Crippen molar-refractivity contribution in [1.29, 1.82) is 0 Å². The van der Waals surface area contributed by atoms with Crippen molar-refractivity contribution in [2.24, 2.45) is 10.8 Å². The molecule has 0 atom stereocenters. The highest BCUT2D eigenvalue weighted by Crippen LogP contribution is 2.21. The number of nitrogens with two attached hydrogens (primary N) is 1. The molecule has 0 heterocycles. The van der Waals surface area contributed by atoms with Crippen molar-refractivity contribution in [3.63, 3.8) is 0 Å². The molecular weight excluding hydrogens is 197 g/mol. The summed E-state index contributed by atoms with van der Waals surface area (Å²) in [6, 6.07) is 4.55. The smallest absolute Gasteiger partial charge is 0.149 e. The Morgan fingerprint density at radius 1 is 1.60 bits per heavy atom. The Kier molecular flexibility index (Phi) is 4.05. The summed E-state index contributed by atoms with van der Waals surface area (Å²) in [6.45, 7) is 2.35. The Morgan fingerprint density at radius 3 is 2.87 bits per heavy atom. The molecule has 0 saturated carbocycles. The lowest BCUT2D eigenvalue weighted by molar-refractivity contribution is 0.410. The van der Waals surface area contributed by atoms with Gasteiger partial charge in [-0.25, -0.2) is 10.2 Å². The van der Waals surface area contributed by atoms with Gasteiger partial charge in [0.25, 0.3) is 0 Å². The molecule has 1 rings (SSSR count). The average molecular weight is 211 g/mol. The molecule has 0 radical (unpaired) electrons. The number of hydrogen-bond donors (Lipinski definition) is 2. The molecule has 0 aliphatic rings. The Labute approximate surface area is 87.9 Å². The maximum atomic E-state index is 13.5. The number of halogens is 1. The van der Waals surface area contributed by atoms with E-state index < -0.39 is 5.82 Å². The number of nitrogens with one attached hydrogen (secondary N) is 1. The number of nitrogens with zero attached hydrogens (tertiary/aromatic N) is 1. The quantitative estimate of drug-likeness (QED) is 0.340. The molecule has 0 aliphatic heterocycles. The normalized spacial score (nSPS) is 11.3. The first-order chi connectivity index (χ1) is 7.24. The third-order valence-electron chi connectivity index (χ3n) is 1.89. The second-order valence-corrected chi connectivity index (χ2v) is 2.78. The molecule has 1 aromatic carbocycles.